The van der Waals surface area contributed by atoms with Gasteiger partial charge in [0.2, 0.25) is 0 Å². The van der Waals surface area contributed by atoms with Crippen LogP contribution in [0, 0.1) is 17.8 Å². The zero-order chi connectivity index (χ0) is 12.1. The van der Waals surface area contributed by atoms with E-state index in [4.69, 9.17) is 5.73 Å². The summed E-state index contributed by atoms with van der Waals surface area (Å²) in [6.07, 6.45) is 11.2. The molecule has 0 aliphatic heterocycles. The lowest BCUT2D eigenvalue weighted by Gasteiger charge is -2.34. The highest BCUT2D eigenvalue weighted by molar-refractivity contribution is 4.83. The molecule has 17 heavy (non-hydrogen) atoms. The molecule has 2 atom stereocenters. The van der Waals surface area contributed by atoms with Gasteiger partial charge in [0.1, 0.15) is 0 Å². The maximum absolute atomic E-state index is 5.88. The zero-order valence-corrected chi connectivity index (χ0v) is 11.5. The summed E-state index contributed by atoms with van der Waals surface area (Å²) >= 11 is 0. The van der Waals surface area contributed by atoms with Gasteiger partial charge in [-0.1, -0.05) is 32.6 Å². The molecule has 2 saturated carbocycles. The van der Waals surface area contributed by atoms with E-state index in [0.717, 1.165) is 24.3 Å². The highest BCUT2D eigenvalue weighted by atomic mass is 14.9. The molecule has 0 saturated heterocycles. The third-order valence-electron chi connectivity index (χ3n) is 5.02. The van der Waals surface area contributed by atoms with E-state index in [0.29, 0.717) is 6.04 Å². The van der Waals surface area contributed by atoms with Gasteiger partial charge in [0.05, 0.1) is 0 Å². The van der Waals surface area contributed by atoms with Crippen LogP contribution in [0.3, 0.4) is 0 Å². The molecular weight excluding hydrogens is 208 g/mol. The summed E-state index contributed by atoms with van der Waals surface area (Å²) in [4.78, 5) is 0. The minimum absolute atomic E-state index is 0.716. The normalized spacial score (nSPS) is 39.2. The predicted molar refractivity (Wildman–Crippen MR) is 73.9 cm³/mol. The van der Waals surface area contributed by atoms with Crippen LogP contribution in [-0.2, 0) is 0 Å². The van der Waals surface area contributed by atoms with Gasteiger partial charge in [-0.3, -0.25) is 0 Å². The van der Waals surface area contributed by atoms with E-state index < -0.39 is 0 Å². The molecule has 3 N–H and O–H groups in total. The van der Waals surface area contributed by atoms with Crippen molar-refractivity contribution in [2.75, 3.05) is 13.1 Å². The van der Waals surface area contributed by atoms with Crippen LogP contribution >= 0.6 is 0 Å². The molecule has 0 amide bonds. The van der Waals surface area contributed by atoms with Gasteiger partial charge >= 0.3 is 0 Å². The van der Waals surface area contributed by atoms with Gasteiger partial charge in [-0.25, -0.2) is 0 Å². The summed E-state index contributed by atoms with van der Waals surface area (Å²) in [5.74, 6) is 2.65. The Morgan fingerprint density at radius 1 is 1.00 bits per heavy atom. The molecular formula is C15H30N2. The molecule has 100 valence electrons. The second-order valence-corrected chi connectivity index (χ2v) is 6.42. The predicted octanol–water partition coefficient (Wildman–Crippen LogP) is 2.92. The maximum Gasteiger partial charge on any atom is 0.0107 e. The standard InChI is InChI=1S/C15H30N2/c1-12-6-8-13(9-7-12)11-17-15-5-3-2-4-14(15)10-16/h12-15,17H,2-11,16H2,1H3. The summed E-state index contributed by atoms with van der Waals surface area (Å²) < 4.78 is 0. The molecule has 2 aliphatic carbocycles. The van der Waals surface area contributed by atoms with E-state index in [9.17, 15) is 0 Å². The Morgan fingerprint density at radius 2 is 1.71 bits per heavy atom. The van der Waals surface area contributed by atoms with Gasteiger partial charge in [-0.2, -0.15) is 0 Å². The first-order valence-corrected chi connectivity index (χ1v) is 7.73. The van der Waals surface area contributed by atoms with Crippen molar-refractivity contribution < 1.29 is 0 Å². The number of hydrogen-bond acceptors (Lipinski definition) is 2. The smallest absolute Gasteiger partial charge is 0.0107 e. The van der Waals surface area contributed by atoms with Crippen molar-refractivity contribution in [3.63, 3.8) is 0 Å². The largest absolute Gasteiger partial charge is 0.330 e. The first-order chi connectivity index (χ1) is 8.29. The Balaban J connectivity index is 1.69. The SMILES string of the molecule is CC1CCC(CNC2CCCCC2CN)CC1. The third-order valence-corrected chi connectivity index (χ3v) is 5.02. The summed E-state index contributed by atoms with van der Waals surface area (Å²) in [5.41, 5.74) is 5.88. The molecule has 2 fully saturated rings. The summed E-state index contributed by atoms with van der Waals surface area (Å²) in [7, 11) is 0. The van der Waals surface area contributed by atoms with Crippen LogP contribution in [0.2, 0.25) is 0 Å². The quantitative estimate of drug-likeness (QED) is 0.790. The van der Waals surface area contributed by atoms with Crippen LogP contribution in [0.5, 0.6) is 0 Å². The van der Waals surface area contributed by atoms with Gasteiger partial charge < -0.3 is 11.1 Å². The van der Waals surface area contributed by atoms with Gasteiger partial charge in [0, 0.05) is 6.04 Å². The highest BCUT2D eigenvalue weighted by Crippen LogP contribution is 2.29. The first kappa shape index (κ1) is 13.4. The highest BCUT2D eigenvalue weighted by Gasteiger charge is 2.25. The van der Waals surface area contributed by atoms with E-state index in [1.165, 1.54) is 57.9 Å². The Bertz CT molecular complexity index is 209. The van der Waals surface area contributed by atoms with Crippen molar-refractivity contribution in [2.24, 2.45) is 23.5 Å². The number of nitrogens with one attached hydrogen (secondary N) is 1. The van der Waals surface area contributed by atoms with Crippen molar-refractivity contribution in [1.82, 2.24) is 5.32 Å². The third kappa shape index (κ3) is 3.96. The number of rotatable bonds is 4. The molecule has 2 rings (SSSR count). The minimum Gasteiger partial charge on any atom is -0.330 e. The van der Waals surface area contributed by atoms with Gasteiger partial charge in [-0.15, -0.1) is 0 Å². The van der Waals surface area contributed by atoms with Crippen LogP contribution in [0.4, 0.5) is 0 Å². The fraction of sp³-hybridized carbons (Fsp3) is 1.00. The van der Waals surface area contributed by atoms with Crippen LogP contribution in [0.15, 0.2) is 0 Å². The van der Waals surface area contributed by atoms with Crippen molar-refractivity contribution in [3.8, 4) is 0 Å². The molecule has 2 heteroatoms. The summed E-state index contributed by atoms with van der Waals surface area (Å²) in [6, 6.07) is 0.716. The van der Waals surface area contributed by atoms with Gasteiger partial charge in [-0.05, 0) is 56.5 Å². The second-order valence-electron chi connectivity index (χ2n) is 6.42. The number of nitrogens with two attached hydrogens (primary N) is 1. The maximum atomic E-state index is 5.88. The van der Waals surface area contributed by atoms with E-state index in [1.54, 1.807) is 0 Å². The Hall–Kier alpha value is -0.0800. The lowest BCUT2D eigenvalue weighted by atomic mass is 9.81. The molecule has 2 unspecified atom stereocenters. The zero-order valence-electron chi connectivity index (χ0n) is 11.5. The Kier molecular flexibility index (Phi) is 5.30. The summed E-state index contributed by atoms with van der Waals surface area (Å²) in [5, 5.41) is 3.83. The molecule has 0 radical (unpaired) electrons. The molecule has 0 bridgehead atoms. The van der Waals surface area contributed by atoms with Gasteiger partial charge in [0.25, 0.3) is 0 Å². The minimum atomic E-state index is 0.716. The van der Waals surface area contributed by atoms with Crippen molar-refractivity contribution >= 4 is 0 Å². The lowest BCUT2D eigenvalue weighted by molar-refractivity contribution is 0.228. The molecule has 0 aromatic heterocycles. The lowest BCUT2D eigenvalue weighted by Crippen LogP contribution is -2.44. The fourth-order valence-corrected chi connectivity index (χ4v) is 3.61. The van der Waals surface area contributed by atoms with Crippen molar-refractivity contribution in [2.45, 2.75) is 64.3 Å². The van der Waals surface area contributed by atoms with Crippen LogP contribution in [0.25, 0.3) is 0 Å². The van der Waals surface area contributed by atoms with Crippen LogP contribution in [0.1, 0.15) is 58.3 Å². The first-order valence-electron chi connectivity index (χ1n) is 7.73. The molecule has 0 spiro atoms. The van der Waals surface area contributed by atoms with E-state index in [2.05, 4.69) is 12.2 Å². The van der Waals surface area contributed by atoms with Crippen LogP contribution in [-0.4, -0.2) is 19.1 Å². The average molecular weight is 238 g/mol. The van der Waals surface area contributed by atoms with E-state index in [1.807, 2.05) is 0 Å². The van der Waals surface area contributed by atoms with E-state index in [-0.39, 0.29) is 0 Å². The van der Waals surface area contributed by atoms with Crippen LogP contribution < -0.4 is 11.1 Å². The Labute approximate surface area is 107 Å². The van der Waals surface area contributed by atoms with Crippen molar-refractivity contribution in [1.29, 1.82) is 0 Å². The average Bonchev–Trinajstić information content (AvgIpc) is 2.38. The Morgan fingerprint density at radius 3 is 2.41 bits per heavy atom. The topological polar surface area (TPSA) is 38.0 Å². The second kappa shape index (κ2) is 6.75. The molecule has 0 aromatic rings. The van der Waals surface area contributed by atoms with Gasteiger partial charge in [0.15, 0.2) is 0 Å². The molecule has 0 aromatic carbocycles. The van der Waals surface area contributed by atoms with E-state index >= 15 is 0 Å². The molecule has 2 nitrogen and oxygen atoms in total. The molecule has 0 heterocycles. The molecule has 2 aliphatic rings. The fourth-order valence-electron chi connectivity index (χ4n) is 3.61. The van der Waals surface area contributed by atoms with Crippen molar-refractivity contribution in [3.05, 3.63) is 0 Å². The number of hydrogen-bond donors (Lipinski definition) is 2. The monoisotopic (exact) mass is 238 g/mol. The summed E-state index contributed by atoms with van der Waals surface area (Å²) in [6.45, 7) is 4.52.